The molecule has 0 spiro atoms. The minimum Gasteiger partial charge on any atom is -0.374 e. The normalized spacial score (nSPS) is 10.9. The third-order valence-electron chi connectivity index (χ3n) is 1.19. The van der Waals surface area contributed by atoms with Crippen molar-refractivity contribution in [3.05, 3.63) is 0 Å². The monoisotopic (exact) mass is 175 g/mol. The molecule has 0 unspecified atom stereocenters. The Morgan fingerprint density at radius 2 is 1.92 bits per heavy atom. The molecule has 0 rings (SSSR count). The van der Waals surface area contributed by atoms with Crippen LogP contribution in [0.15, 0.2) is 0 Å². The summed E-state index contributed by atoms with van der Waals surface area (Å²) in [7, 11) is 0. The Bertz CT molecular complexity index is 188. The smallest absolute Gasteiger partial charge is 0.374 e. The molecule has 0 aromatic rings. The van der Waals surface area contributed by atoms with Crippen molar-refractivity contribution >= 4 is 12.1 Å². The quantitative estimate of drug-likeness (QED) is 0.498. The van der Waals surface area contributed by atoms with Gasteiger partial charge < -0.3 is 15.2 Å². The zero-order valence-corrected chi connectivity index (χ0v) is 7.42. The summed E-state index contributed by atoms with van der Waals surface area (Å²) in [6.45, 7) is 5.10. The maximum atomic E-state index is 11.0. The van der Waals surface area contributed by atoms with Crippen LogP contribution in [0.5, 0.6) is 0 Å². The van der Waals surface area contributed by atoms with E-state index in [1.54, 1.807) is 6.92 Å². The highest BCUT2D eigenvalue weighted by molar-refractivity contribution is 5.88. The molecule has 0 saturated heterocycles. The average molecular weight is 175 g/mol. The van der Waals surface area contributed by atoms with Crippen LogP contribution in [0.3, 0.4) is 0 Å². The molecule has 0 saturated carbocycles. The van der Waals surface area contributed by atoms with Crippen molar-refractivity contribution in [2.75, 3.05) is 6.61 Å². The molecule has 1 amide bonds. The molecule has 0 fully saturated rings. The molecule has 12 heavy (non-hydrogen) atoms. The van der Waals surface area contributed by atoms with E-state index in [1.165, 1.54) is 13.8 Å². The number of primary amides is 1. The summed E-state index contributed by atoms with van der Waals surface area (Å²) in [4.78, 5) is 21.2. The maximum absolute atomic E-state index is 11.0. The average Bonchev–Trinajstić information content (AvgIpc) is 1.85. The number of nitrogens with two attached hydrogens (primary N) is 1. The lowest BCUT2D eigenvalue weighted by Crippen LogP contribution is -2.39. The lowest BCUT2D eigenvalue weighted by atomic mass is 10.1. The first-order valence-corrected chi connectivity index (χ1v) is 3.56. The molecule has 0 aliphatic rings. The summed E-state index contributed by atoms with van der Waals surface area (Å²) in [6, 6.07) is 0. The van der Waals surface area contributed by atoms with Gasteiger partial charge in [-0.2, -0.15) is 0 Å². The van der Waals surface area contributed by atoms with Crippen LogP contribution < -0.4 is 5.73 Å². The molecule has 0 atom stereocenters. The Morgan fingerprint density at radius 3 is 2.25 bits per heavy atom. The molecule has 0 radical (unpaired) electrons. The Hall–Kier alpha value is -1.10. The Kier molecular flexibility index (Phi) is 3.69. The molecule has 0 bridgehead atoms. The summed E-state index contributed by atoms with van der Waals surface area (Å²) >= 11 is 0. The fourth-order valence-electron chi connectivity index (χ4n) is 0.634. The van der Waals surface area contributed by atoms with Crippen LogP contribution in [0.1, 0.15) is 20.8 Å². The van der Waals surface area contributed by atoms with E-state index in [1.807, 2.05) is 0 Å². The predicted molar refractivity (Wildman–Crippen MR) is 41.4 cm³/mol. The van der Waals surface area contributed by atoms with Crippen molar-refractivity contribution in [2.24, 2.45) is 5.73 Å². The van der Waals surface area contributed by atoms with Gasteiger partial charge in [-0.15, -0.1) is 0 Å². The van der Waals surface area contributed by atoms with E-state index >= 15 is 0 Å². The van der Waals surface area contributed by atoms with Gasteiger partial charge in [0.25, 0.3) is 0 Å². The maximum Gasteiger partial charge on any atom is 0.412 e. The molecule has 2 N–H and O–H groups in total. The van der Waals surface area contributed by atoms with Crippen molar-refractivity contribution in [1.29, 1.82) is 0 Å². The van der Waals surface area contributed by atoms with E-state index in [9.17, 15) is 9.59 Å². The third-order valence-corrected chi connectivity index (χ3v) is 1.19. The number of esters is 1. The van der Waals surface area contributed by atoms with E-state index in [0.717, 1.165) is 0 Å². The number of carbonyl (C=O) groups is 2. The summed E-state index contributed by atoms with van der Waals surface area (Å²) in [5.41, 5.74) is 3.53. The third kappa shape index (κ3) is 3.34. The lowest BCUT2D eigenvalue weighted by Gasteiger charge is -2.20. The largest absolute Gasteiger partial charge is 0.412 e. The number of hydrogen-bond donors (Lipinski definition) is 1. The summed E-state index contributed by atoms with van der Waals surface area (Å²) in [5.74, 6) is -0.781. The van der Waals surface area contributed by atoms with Gasteiger partial charge in [-0.25, -0.2) is 9.59 Å². The topological polar surface area (TPSA) is 78.6 Å². The summed E-state index contributed by atoms with van der Waals surface area (Å²) in [6.07, 6.45) is -1.12. The van der Waals surface area contributed by atoms with E-state index in [-0.39, 0.29) is 0 Å². The van der Waals surface area contributed by atoms with E-state index in [0.29, 0.717) is 6.61 Å². The second kappa shape index (κ2) is 4.06. The van der Waals surface area contributed by atoms with Crippen LogP contribution in [0.4, 0.5) is 4.79 Å². The number of rotatable bonds is 3. The van der Waals surface area contributed by atoms with Crippen LogP contribution in [-0.2, 0) is 14.3 Å². The van der Waals surface area contributed by atoms with Gasteiger partial charge in [0.2, 0.25) is 0 Å². The van der Waals surface area contributed by atoms with Crippen molar-refractivity contribution in [3.8, 4) is 0 Å². The van der Waals surface area contributed by atoms with Gasteiger partial charge in [0.15, 0.2) is 5.60 Å². The zero-order chi connectivity index (χ0) is 9.78. The van der Waals surface area contributed by atoms with E-state index in [4.69, 9.17) is 4.74 Å². The van der Waals surface area contributed by atoms with Gasteiger partial charge in [-0.3, -0.25) is 0 Å². The highest BCUT2D eigenvalue weighted by Gasteiger charge is 2.31. The SMILES string of the molecule is CCOC(C)(C)C(=O)OC(N)=O. The van der Waals surface area contributed by atoms with Gasteiger partial charge in [-0.05, 0) is 20.8 Å². The van der Waals surface area contributed by atoms with Crippen molar-refractivity contribution in [1.82, 2.24) is 0 Å². The minimum atomic E-state index is -1.12. The molecular weight excluding hydrogens is 162 g/mol. The minimum absolute atomic E-state index is 0.362. The lowest BCUT2D eigenvalue weighted by molar-refractivity contribution is -0.160. The van der Waals surface area contributed by atoms with Crippen LogP contribution in [0, 0.1) is 0 Å². The van der Waals surface area contributed by atoms with Crippen molar-refractivity contribution < 1.29 is 19.1 Å². The van der Waals surface area contributed by atoms with Crippen LogP contribution in [0.25, 0.3) is 0 Å². The number of hydrogen-bond acceptors (Lipinski definition) is 4. The Labute approximate surface area is 70.8 Å². The highest BCUT2D eigenvalue weighted by Crippen LogP contribution is 2.10. The standard InChI is InChI=1S/C7H13NO4/c1-4-11-7(2,3)5(9)12-6(8)10/h4H2,1-3H3,(H2,8,10). The van der Waals surface area contributed by atoms with Crippen LogP contribution in [-0.4, -0.2) is 24.3 Å². The van der Waals surface area contributed by atoms with Crippen LogP contribution >= 0.6 is 0 Å². The second-order valence-corrected chi connectivity index (χ2v) is 2.65. The first-order valence-electron chi connectivity index (χ1n) is 3.56. The van der Waals surface area contributed by atoms with Gasteiger partial charge >= 0.3 is 12.1 Å². The molecule has 5 nitrogen and oxygen atoms in total. The molecule has 0 aromatic carbocycles. The van der Waals surface area contributed by atoms with E-state index < -0.39 is 17.7 Å². The number of ether oxygens (including phenoxy) is 2. The molecular formula is C7H13NO4. The van der Waals surface area contributed by atoms with Gasteiger partial charge in [0.05, 0.1) is 0 Å². The molecule has 70 valence electrons. The summed E-state index contributed by atoms with van der Waals surface area (Å²) < 4.78 is 9.15. The number of amides is 1. The second-order valence-electron chi connectivity index (χ2n) is 2.65. The Morgan fingerprint density at radius 1 is 1.42 bits per heavy atom. The molecule has 0 aliphatic carbocycles. The van der Waals surface area contributed by atoms with Gasteiger partial charge in [-0.1, -0.05) is 0 Å². The van der Waals surface area contributed by atoms with Gasteiger partial charge in [0, 0.05) is 6.61 Å². The first-order chi connectivity index (χ1) is 5.40. The van der Waals surface area contributed by atoms with Crippen LogP contribution in [0.2, 0.25) is 0 Å². The molecule has 0 aliphatic heterocycles. The zero-order valence-electron chi connectivity index (χ0n) is 7.42. The number of carbonyl (C=O) groups excluding carboxylic acids is 2. The fraction of sp³-hybridized carbons (Fsp3) is 0.714. The molecule has 0 heterocycles. The van der Waals surface area contributed by atoms with E-state index in [2.05, 4.69) is 10.5 Å². The highest BCUT2D eigenvalue weighted by atomic mass is 16.6. The summed E-state index contributed by atoms with van der Waals surface area (Å²) in [5, 5.41) is 0. The fourth-order valence-corrected chi connectivity index (χ4v) is 0.634. The predicted octanol–water partition coefficient (Wildman–Crippen LogP) is 0.423. The molecule has 0 aromatic heterocycles. The Balaban J connectivity index is 4.15. The molecule has 5 heteroatoms. The van der Waals surface area contributed by atoms with Gasteiger partial charge in [0.1, 0.15) is 0 Å². The van der Waals surface area contributed by atoms with Crippen molar-refractivity contribution in [3.63, 3.8) is 0 Å². The van der Waals surface area contributed by atoms with Crippen molar-refractivity contribution in [2.45, 2.75) is 26.4 Å². The first kappa shape index (κ1) is 10.9.